The molecule has 2 saturated heterocycles. The van der Waals surface area contributed by atoms with Gasteiger partial charge in [-0.25, -0.2) is 0 Å². The lowest BCUT2D eigenvalue weighted by Gasteiger charge is -2.66. The fourth-order valence-corrected chi connectivity index (χ4v) is 10.7. The molecule has 2 N–H and O–H groups in total. The number of rotatable bonds is 0. The zero-order valence-corrected chi connectivity index (χ0v) is 20.2. The molecule has 4 saturated carbocycles. The third-order valence-electron chi connectivity index (χ3n) is 12.1. The first-order valence-corrected chi connectivity index (χ1v) is 13.6. The van der Waals surface area contributed by atoms with E-state index < -0.39 is 5.60 Å². The molecule has 32 heavy (non-hydrogen) atoms. The maximum Gasteiger partial charge on any atom is 0.136 e. The number of aliphatic hydroxyl groups is 2. The number of quaternary nitrogens is 1. The first kappa shape index (κ1) is 22.0. The van der Waals surface area contributed by atoms with Crippen molar-refractivity contribution in [3.05, 3.63) is 5.21 Å². The minimum Gasteiger partial charge on any atom is -0.633 e. The number of nitrogens with zero attached hydrogens (tertiary/aromatic N) is 1. The molecule has 0 amide bonds. The van der Waals surface area contributed by atoms with Gasteiger partial charge in [0.2, 0.25) is 0 Å². The Morgan fingerprint density at radius 3 is 2.50 bits per heavy atom. The molecule has 6 aliphatic rings. The first-order valence-electron chi connectivity index (χ1n) is 13.6. The largest absolute Gasteiger partial charge is 0.633 e. The van der Waals surface area contributed by atoms with Crippen LogP contribution >= 0.6 is 0 Å². The molecular weight excluding hydrogens is 402 g/mol. The zero-order chi connectivity index (χ0) is 22.6. The van der Waals surface area contributed by atoms with E-state index in [4.69, 9.17) is 0 Å². The fourth-order valence-electron chi connectivity index (χ4n) is 10.7. The summed E-state index contributed by atoms with van der Waals surface area (Å²) in [5.41, 5.74) is -0.865. The standard InChI is InChI=1S/C27H43NO4/c1-15-4-7-25-27(3,31)21-6-5-17-18(20(21)14-28(25,32)13-15)11-22-19(17)12-24(30)23-10-16(29)8-9-26(22,23)2/h15-23,25,29,31H,4-14H2,1-3H3/t15-,16+,17+,18+,19-,20-,21-,22-,23+,25-,26+,27-,28?/m0/s1. The molecule has 0 spiro atoms. The monoisotopic (exact) mass is 445 g/mol. The van der Waals surface area contributed by atoms with Gasteiger partial charge in [-0.15, -0.1) is 0 Å². The number of aliphatic hydroxyl groups excluding tert-OH is 1. The summed E-state index contributed by atoms with van der Waals surface area (Å²) >= 11 is 0. The molecule has 2 heterocycles. The summed E-state index contributed by atoms with van der Waals surface area (Å²) in [5, 5.41) is 36.3. The van der Waals surface area contributed by atoms with Gasteiger partial charge in [0.15, 0.2) is 0 Å². The summed E-state index contributed by atoms with van der Waals surface area (Å²) in [6.07, 6.45) is 7.96. The van der Waals surface area contributed by atoms with E-state index in [0.29, 0.717) is 67.2 Å². The van der Waals surface area contributed by atoms with Crippen LogP contribution in [0.3, 0.4) is 0 Å². The number of Topliss-reactive ketones (excluding diaryl/α,β-unsaturated/α-hetero) is 1. The lowest BCUT2D eigenvalue weighted by atomic mass is 9.51. The smallest absolute Gasteiger partial charge is 0.136 e. The molecule has 180 valence electrons. The van der Waals surface area contributed by atoms with Crippen molar-refractivity contribution < 1.29 is 19.7 Å². The number of hydroxylamine groups is 3. The molecule has 0 radical (unpaired) electrons. The van der Waals surface area contributed by atoms with Gasteiger partial charge < -0.3 is 20.1 Å². The summed E-state index contributed by atoms with van der Waals surface area (Å²) in [4.78, 5) is 13.3. The number of carbonyl (C=O) groups is 1. The zero-order valence-electron chi connectivity index (χ0n) is 20.2. The Balaban J connectivity index is 1.33. The Morgan fingerprint density at radius 2 is 1.72 bits per heavy atom. The second-order valence-corrected chi connectivity index (χ2v) is 13.6. The molecule has 0 aromatic heterocycles. The van der Waals surface area contributed by atoms with Crippen molar-refractivity contribution in [2.75, 3.05) is 13.1 Å². The van der Waals surface area contributed by atoms with Crippen molar-refractivity contribution in [2.45, 2.75) is 96.3 Å². The van der Waals surface area contributed by atoms with Crippen LogP contribution in [-0.2, 0) is 4.79 Å². The molecule has 0 aromatic carbocycles. The van der Waals surface area contributed by atoms with E-state index in [2.05, 4.69) is 13.8 Å². The van der Waals surface area contributed by atoms with Crippen molar-refractivity contribution in [2.24, 2.45) is 52.8 Å². The lowest BCUT2D eigenvalue weighted by molar-refractivity contribution is -0.933. The fraction of sp³-hybridized carbons (Fsp3) is 0.963. The average molecular weight is 446 g/mol. The predicted octanol–water partition coefficient (Wildman–Crippen LogP) is 3.90. The highest BCUT2D eigenvalue weighted by molar-refractivity contribution is 5.83. The second-order valence-electron chi connectivity index (χ2n) is 13.6. The van der Waals surface area contributed by atoms with Crippen molar-refractivity contribution >= 4 is 5.78 Å². The first-order chi connectivity index (χ1) is 15.0. The number of piperidine rings is 2. The molecule has 2 aliphatic heterocycles. The van der Waals surface area contributed by atoms with E-state index in [-0.39, 0.29) is 34.0 Å². The van der Waals surface area contributed by atoms with Crippen LogP contribution in [0.5, 0.6) is 0 Å². The quantitative estimate of drug-likeness (QED) is 0.438. The molecule has 5 heteroatoms. The number of carbonyl (C=O) groups excluding carboxylic acids is 1. The number of ketones is 1. The molecule has 5 nitrogen and oxygen atoms in total. The number of fused-ring (bicyclic) bond motifs is 8. The van der Waals surface area contributed by atoms with E-state index in [1.54, 1.807) is 0 Å². The van der Waals surface area contributed by atoms with Crippen LogP contribution in [0.2, 0.25) is 0 Å². The highest BCUT2D eigenvalue weighted by atomic mass is 16.6. The Labute approximate surface area is 193 Å². The Bertz CT molecular complexity index is 794. The van der Waals surface area contributed by atoms with E-state index in [0.717, 1.165) is 44.9 Å². The van der Waals surface area contributed by atoms with Crippen LogP contribution in [0.15, 0.2) is 0 Å². The molecular formula is C27H43NO4. The third kappa shape index (κ3) is 2.86. The van der Waals surface area contributed by atoms with Gasteiger partial charge in [0, 0.05) is 36.5 Å². The van der Waals surface area contributed by atoms with Gasteiger partial charge in [-0.3, -0.25) is 4.79 Å². The van der Waals surface area contributed by atoms with Crippen LogP contribution in [-0.4, -0.2) is 51.5 Å². The normalized spacial score (nSPS) is 61.8. The van der Waals surface area contributed by atoms with Gasteiger partial charge in [0.05, 0.1) is 19.2 Å². The van der Waals surface area contributed by atoms with Crippen molar-refractivity contribution in [1.82, 2.24) is 0 Å². The lowest BCUT2D eigenvalue weighted by Crippen LogP contribution is -2.73. The van der Waals surface area contributed by atoms with Gasteiger partial charge in [-0.1, -0.05) is 13.8 Å². The summed E-state index contributed by atoms with van der Waals surface area (Å²) in [7, 11) is 0. The highest BCUT2D eigenvalue weighted by Crippen LogP contribution is 2.67. The summed E-state index contributed by atoms with van der Waals surface area (Å²) in [6, 6.07) is -0.163. The summed E-state index contributed by atoms with van der Waals surface area (Å²) in [5.74, 6) is 3.37. The second kappa shape index (κ2) is 7.02. The summed E-state index contributed by atoms with van der Waals surface area (Å²) in [6.45, 7) is 7.87. The van der Waals surface area contributed by atoms with Gasteiger partial charge in [-0.2, -0.15) is 0 Å². The molecule has 6 rings (SSSR count). The number of hydrogen-bond acceptors (Lipinski definition) is 4. The van der Waals surface area contributed by atoms with Crippen LogP contribution in [0.1, 0.15) is 78.6 Å². The third-order valence-corrected chi connectivity index (χ3v) is 12.1. The molecule has 4 aliphatic carbocycles. The van der Waals surface area contributed by atoms with Crippen molar-refractivity contribution in [1.29, 1.82) is 0 Å². The average Bonchev–Trinajstić information content (AvgIpc) is 3.08. The van der Waals surface area contributed by atoms with E-state index in [1.165, 1.54) is 0 Å². The Hall–Kier alpha value is -0.490. The number of hydrogen-bond donors (Lipinski definition) is 2. The van der Waals surface area contributed by atoms with E-state index in [9.17, 15) is 20.2 Å². The SMILES string of the molecule is C[C@H]1CC[C@H]2[C@@](C)(O)[C@H]3CC[C@@H]4[C@@H](C[C@H]5[C@H]4CC(=O)[C@H]4C[C@H](O)CC[C@@]45C)[C@@H]3C[N+]2([O-])C1. The van der Waals surface area contributed by atoms with E-state index >= 15 is 0 Å². The predicted molar refractivity (Wildman–Crippen MR) is 122 cm³/mol. The molecule has 13 atom stereocenters. The van der Waals surface area contributed by atoms with Crippen LogP contribution in [0.25, 0.3) is 0 Å². The van der Waals surface area contributed by atoms with Crippen molar-refractivity contribution in [3.8, 4) is 0 Å². The molecule has 6 fully saturated rings. The van der Waals surface area contributed by atoms with E-state index in [1.807, 2.05) is 6.92 Å². The van der Waals surface area contributed by atoms with Crippen LogP contribution in [0.4, 0.5) is 0 Å². The maximum absolute atomic E-state index is 14.2. The van der Waals surface area contributed by atoms with Gasteiger partial charge in [-0.05, 0) is 81.0 Å². The molecule has 0 aromatic rings. The highest BCUT2D eigenvalue weighted by Gasteiger charge is 2.66. The molecule has 1 unspecified atom stereocenters. The Morgan fingerprint density at radius 1 is 0.938 bits per heavy atom. The van der Waals surface area contributed by atoms with Gasteiger partial charge in [0.1, 0.15) is 17.4 Å². The minimum atomic E-state index is -0.874. The molecule has 0 bridgehead atoms. The summed E-state index contributed by atoms with van der Waals surface area (Å²) < 4.78 is -0.182. The Kier molecular flexibility index (Phi) is 4.83. The van der Waals surface area contributed by atoms with Gasteiger partial charge >= 0.3 is 0 Å². The van der Waals surface area contributed by atoms with Gasteiger partial charge in [0.25, 0.3) is 0 Å². The maximum atomic E-state index is 14.2. The minimum absolute atomic E-state index is 0.00908. The van der Waals surface area contributed by atoms with Crippen LogP contribution in [0, 0.1) is 58.0 Å². The van der Waals surface area contributed by atoms with Crippen molar-refractivity contribution in [3.63, 3.8) is 0 Å². The topological polar surface area (TPSA) is 80.6 Å². The van der Waals surface area contributed by atoms with Crippen LogP contribution < -0.4 is 0 Å².